The molecule has 4 atom stereocenters. The quantitative estimate of drug-likeness (QED) is 0.719. The smallest absolute Gasteiger partial charge is 0.325 e. The molecule has 2 aliphatic heterocycles. The number of benzene rings is 1. The first-order chi connectivity index (χ1) is 14.3. The Balaban J connectivity index is 1.40. The highest BCUT2D eigenvalue weighted by Gasteiger charge is 2.48. The van der Waals surface area contributed by atoms with E-state index in [9.17, 15) is 14.4 Å². The molecular weight excluding hydrogens is 386 g/mol. The van der Waals surface area contributed by atoms with E-state index < -0.39 is 17.5 Å². The molecule has 2 fully saturated rings. The Kier molecular flexibility index (Phi) is 5.34. The minimum absolute atomic E-state index is 0.0852. The molecule has 4 rings (SSSR count). The summed E-state index contributed by atoms with van der Waals surface area (Å²) in [7, 11) is 0. The lowest BCUT2D eigenvalue weighted by Gasteiger charge is -2.34. The number of imide groups is 1. The Morgan fingerprint density at radius 3 is 2.80 bits per heavy atom. The summed E-state index contributed by atoms with van der Waals surface area (Å²) in [5.41, 5.74) is -0.274. The van der Waals surface area contributed by atoms with Gasteiger partial charge in [0.05, 0.1) is 0 Å². The van der Waals surface area contributed by atoms with Gasteiger partial charge in [-0.1, -0.05) is 32.8 Å². The van der Waals surface area contributed by atoms with E-state index in [0.717, 1.165) is 23.3 Å². The normalized spacial score (nSPS) is 30.4. The third kappa shape index (κ3) is 3.82. The van der Waals surface area contributed by atoms with Gasteiger partial charge in [0.2, 0.25) is 12.7 Å². The minimum Gasteiger partial charge on any atom is -0.454 e. The van der Waals surface area contributed by atoms with E-state index in [1.807, 2.05) is 12.1 Å². The molecule has 1 aromatic carbocycles. The number of nitrogens with zero attached hydrogens (tertiary/aromatic N) is 1. The van der Waals surface area contributed by atoms with Gasteiger partial charge in [-0.25, -0.2) is 4.79 Å². The molecular formula is C22H29N3O5. The molecule has 1 saturated heterocycles. The molecule has 2 heterocycles. The predicted octanol–water partition coefficient (Wildman–Crippen LogP) is 2.21. The van der Waals surface area contributed by atoms with Crippen LogP contribution in [0.2, 0.25) is 0 Å². The molecule has 30 heavy (non-hydrogen) atoms. The van der Waals surface area contributed by atoms with Crippen LogP contribution in [-0.4, -0.2) is 47.7 Å². The van der Waals surface area contributed by atoms with E-state index in [4.69, 9.17) is 9.47 Å². The molecule has 1 aliphatic carbocycles. The summed E-state index contributed by atoms with van der Waals surface area (Å²) in [6.45, 7) is 5.93. The second kappa shape index (κ2) is 7.81. The summed E-state index contributed by atoms with van der Waals surface area (Å²) in [5, 5.41) is 5.79. The lowest BCUT2D eigenvalue weighted by Crippen LogP contribution is -2.49. The Labute approximate surface area is 176 Å². The maximum atomic E-state index is 13.0. The first-order valence-corrected chi connectivity index (χ1v) is 10.6. The zero-order valence-electron chi connectivity index (χ0n) is 17.7. The summed E-state index contributed by atoms with van der Waals surface area (Å²) >= 11 is 0. The van der Waals surface area contributed by atoms with Crippen molar-refractivity contribution < 1.29 is 23.9 Å². The van der Waals surface area contributed by atoms with Crippen molar-refractivity contribution in [2.24, 2.45) is 11.8 Å². The summed E-state index contributed by atoms with van der Waals surface area (Å²) in [4.78, 5) is 39.1. The highest BCUT2D eigenvalue weighted by Crippen LogP contribution is 2.34. The van der Waals surface area contributed by atoms with Crippen LogP contribution in [-0.2, 0) is 16.0 Å². The molecule has 3 aliphatic rings. The highest BCUT2D eigenvalue weighted by atomic mass is 16.7. The molecule has 2 N–H and O–H groups in total. The molecule has 8 nitrogen and oxygen atoms in total. The standard InChI is InChI=1S/C22H29N3O5/c1-13-5-4-6-16(14(13)2)23-19(26)11-25-20(27)22(3,24-21(25)28)10-15-7-8-17-18(9-15)30-12-29-17/h7-9,13-14,16H,4-6,10-12H2,1-3H3,(H,23,26)(H,24,28)/t13-,14-,16-,22-/m1/s1. The van der Waals surface area contributed by atoms with Crippen LogP contribution in [0.1, 0.15) is 45.6 Å². The zero-order valence-corrected chi connectivity index (χ0v) is 17.7. The van der Waals surface area contributed by atoms with Crippen LogP contribution >= 0.6 is 0 Å². The van der Waals surface area contributed by atoms with Gasteiger partial charge in [-0.05, 0) is 42.9 Å². The van der Waals surface area contributed by atoms with Gasteiger partial charge in [-0.3, -0.25) is 14.5 Å². The van der Waals surface area contributed by atoms with Gasteiger partial charge in [-0.2, -0.15) is 0 Å². The third-order valence-electron chi connectivity index (χ3n) is 6.69. The van der Waals surface area contributed by atoms with E-state index in [1.54, 1.807) is 13.0 Å². The third-order valence-corrected chi connectivity index (χ3v) is 6.69. The Morgan fingerprint density at radius 1 is 1.23 bits per heavy atom. The van der Waals surface area contributed by atoms with E-state index >= 15 is 0 Å². The first-order valence-electron chi connectivity index (χ1n) is 10.6. The average molecular weight is 415 g/mol. The van der Waals surface area contributed by atoms with Crippen molar-refractivity contribution >= 4 is 17.8 Å². The lowest BCUT2D eigenvalue weighted by molar-refractivity contribution is -0.135. The summed E-state index contributed by atoms with van der Waals surface area (Å²) < 4.78 is 10.7. The number of fused-ring (bicyclic) bond motifs is 1. The van der Waals surface area contributed by atoms with Crippen molar-refractivity contribution in [3.8, 4) is 11.5 Å². The molecule has 0 unspecified atom stereocenters. The fraction of sp³-hybridized carbons (Fsp3) is 0.591. The van der Waals surface area contributed by atoms with E-state index in [0.29, 0.717) is 29.8 Å². The average Bonchev–Trinajstić information content (AvgIpc) is 3.23. The van der Waals surface area contributed by atoms with Gasteiger partial charge in [0, 0.05) is 12.5 Å². The number of hydrogen-bond donors (Lipinski definition) is 2. The lowest BCUT2D eigenvalue weighted by atomic mass is 9.78. The Morgan fingerprint density at radius 2 is 2.00 bits per heavy atom. The zero-order chi connectivity index (χ0) is 21.5. The van der Waals surface area contributed by atoms with Crippen LogP contribution < -0.4 is 20.1 Å². The Bertz CT molecular complexity index is 872. The second-order valence-corrected chi connectivity index (χ2v) is 8.96. The van der Waals surface area contributed by atoms with Crippen molar-refractivity contribution in [1.82, 2.24) is 15.5 Å². The minimum atomic E-state index is -1.11. The summed E-state index contributed by atoms with van der Waals surface area (Å²) in [6.07, 6.45) is 3.47. The number of hydrogen-bond acceptors (Lipinski definition) is 5. The van der Waals surface area contributed by atoms with Crippen molar-refractivity contribution in [2.45, 2.75) is 58.0 Å². The second-order valence-electron chi connectivity index (χ2n) is 8.96. The van der Waals surface area contributed by atoms with Gasteiger partial charge < -0.3 is 20.1 Å². The number of carbonyl (C=O) groups is 3. The van der Waals surface area contributed by atoms with Crippen LogP contribution in [0.25, 0.3) is 0 Å². The van der Waals surface area contributed by atoms with E-state index in [1.165, 1.54) is 6.42 Å². The number of carbonyl (C=O) groups excluding carboxylic acids is 3. The summed E-state index contributed by atoms with van der Waals surface area (Å²) in [5.74, 6) is 1.52. The fourth-order valence-corrected chi connectivity index (χ4v) is 4.65. The van der Waals surface area contributed by atoms with Crippen LogP contribution in [0.4, 0.5) is 4.79 Å². The SMILES string of the molecule is C[C@@H]1[C@H](C)CCC[C@H]1NC(=O)CN1C(=O)N[C@](C)(Cc2ccc3c(c2)OCO3)C1=O. The van der Waals surface area contributed by atoms with E-state index in [-0.39, 0.29) is 25.3 Å². The number of ether oxygens (including phenoxy) is 2. The van der Waals surface area contributed by atoms with Gasteiger partial charge in [0.25, 0.3) is 5.91 Å². The monoisotopic (exact) mass is 415 g/mol. The van der Waals surface area contributed by atoms with Gasteiger partial charge in [0.1, 0.15) is 12.1 Å². The van der Waals surface area contributed by atoms with Crippen molar-refractivity contribution in [2.75, 3.05) is 13.3 Å². The molecule has 0 spiro atoms. The molecule has 0 radical (unpaired) electrons. The van der Waals surface area contributed by atoms with Gasteiger partial charge in [0.15, 0.2) is 11.5 Å². The molecule has 8 heteroatoms. The van der Waals surface area contributed by atoms with Crippen LogP contribution in [0.3, 0.4) is 0 Å². The molecule has 0 bridgehead atoms. The maximum Gasteiger partial charge on any atom is 0.325 e. The largest absolute Gasteiger partial charge is 0.454 e. The van der Waals surface area contributed by atoms with Gasteiger partial charge >= 0.3 is 6.03 Å². The Hall–Kier alpha value is -2.77. The number of rotatable bonds is 5. The topological polar surface area (TPSA) is 97.0 Å². The van der Waals surface area contributed by atoms with Crippen LogP contribution in [0, 0.1) is 11.8 Å². The molecule has 1 aromatic rings. The first kappa shape index (κ1) is 20.5. The van der Waals surface area contributed by atoms with Crippen LogP contribution in [0.15, 0.2) is 18.2 Å². The van der Waals surface area contributed by atoms with Crippen LogP contribution in [0.5, 0.6) is 11.5 Å². The molecule has 0 aromatic heterocycles. The molecule has 1 saturated carbocycles. The van der Waals surface area contributed by atoms with Crippen molar-refractivity contribution in [1.29, 1.82) is 0 Å². The summed E-state index contributed by atoms with van der Waals surface area (Å²) in [6, 6.07) is 5.00. The van der Waals surface area contributed by atoms with E-state index in [2.05, 4.69) is 24.5 Å². The number of urea groups is 1. The highest BCUT2D eigenvalue weighted by molar-refractivity contribution is 6.09. The molecule has 4 amide bonds. The number of nitrogens with one attached hydrogen (secondary N) is 2. The number of amides is 4. The van der Waals surface area contributed by atoms with Crippen molar-refractivity contribution in [3.63, 3.8) is 0 Å². The van der Waals surface area contributed by atoms with Gasteiger partial charge in [-0.15, -0.1) is 0 Å². The molecule has 162 valence electrons. The fourth-order valence-electron chi connectivity index (χ4n) is 4.65. The maximum absolute atomic E-state index is 13.0. The predicted molar refractivity (Wildman–Crippen MR) is 109 cm³/mol. The van der Waals surface area contributed by atoms with Crippen molar-refractivity contribution in [3.05, 3.63) is 23.8 Å².